The number of hydrogen-bond acceptors (Lipinski definition) is 1. The van der Waals surface area contributed by atoms with Crippen LogP contribution in [0.5, 0.6) is 0 Å². The lowest BCUT2D eigenvalue weighted by atomic mass is 9.80. The van der Waals surface area contributed by atoms with Crippen LogP contribution in [0.2, 0.25) is 0 Å². The van der Waals surface area contributed by atoms with Crippen molar-refractivity contribution in [2.24, 2.45) is 5.41 Å². The minimum Gasteiger partial charge on any atom is -0.317 e. The predicted molar refractivity (Wildman–Crippen MR) is 74.8 cm³/mol. The predicted octanol–water partition coefficient (Wildman–Crippen LogP) is 4.02. The molecule has 1 nitrogen and oxygen atoms in total. The lowest BCUT2D eigenvalue weighted by molar-refractivity contribution is 0.293. The van der Waals surface area contributed by atoms with Crippen LogP contribution in [0.3, 0.4) is 0 Å². The van der Waals surface area contributed by atoms with E-state index in [9.17, 15) is 0 Å². The fourth-order valence-corrected chi connectivity index (χ4v) is 2.65. The van der Waals surface area contributed by atoms with E-state index in [4.69, 9.17) is 0 Å². The van der Waals surface area contributed by atoms with Crippen LogP contribution in [0, 0.1) is 5.41 Å². The van der Waals surface area contributed by atoms with Crippen LogP contribution in [0.15, 0.2) is 28.7 Å². The molecule has 0 saturated carbocycles. The van der Waals surface area contributed by atoms with Crippen LogP contribution in [0.1, 0.15) is 32.8 Å². The summed E-state index contributed by atoms with van der Waals surface area (Å²) in [6, 6.07) is 9.17. The van der Waals surface area contributed by atoms with Crippen molar-refractivity contribution in [1.29, 1.82) is 0 Å². The molecule has 90 valence electrons. The average molecular weight is 284 g/mol. The molecule has 0 bridgehead atoms. The van der Waals surface area contributed by atoms with E-state index < -0.39 is 0 Å². The Hall–Kier alpha value is -0.340. The molecular formula is C14H22BrN. The second-order valence-electron chi connectivity index (χ2n) is 5.36. The molecule has 1 unspecified atom stereocenters. The average Bonchev–Trinajstić information content (AvgIpc) is 2.15. The van der Waals surface area contributed by atoms with Crippen molar-refractivity contribution >= 4 is 15.9 Å². The Balaban J connectivity index is 2.65. The monoisotopic (exact) mass is 283 g/mol. The van der Waals surface area contributed by atoms with Crippen molar-refractivity contribution in [2.45, 2.75) is 39.7 Å². The molecule has 0 aliphatic rings. The smallest absolute Gasteiger partial charge is 0.0177 e. The first-order chi connectivity index (χ1) is 7.43. The van der Waals surface area contributed by atoms with Crippen molar-refractivity contribution < 1.29 is 0 Å². The highest BCUT2D eigenvalue weighted by Crippen LogP contribution is 2.28. The summed E-state index contributed by atoms with van der Waals surface area (Å²) >= 11 is 3.52. The van der Waals surface area contributed by atoms with E-state index >= 15 is 0 Å². The number of benzene rings is 1. The second kappa shape index (κ2) is 5.83. The van der Waals surface area contributed by atoms with Gasteiger partial charge in [0, 0.05) is 10.5 Å². The first-order valence-corrected chi connectivity index (χ1v) is 6.64. The number of halogens is 1. The fraction of sp³-hybridized carbons (Fsp3) is 0.571. The quantitative estimate of drug-likeness (QED) is 0.861. The van der Waals surface area contributed by atoms with E-state index in [0.29, 0.717) is 11.5 Å². The minimum atomic E-state index is 0.337. The van der Waals surface area contributed by atoms with Crippen LogP contribution in [0.4, 0.5) is 0 Å². The SMILES string of the molecule is CNC(C)CC(C)(C)Cc1cccc(Br)c1. The molecule has 0 spiro atoms. The van der Waals surface area contributed by atoms with E-state index in [-0.39, 0.29) is 0 Å². The lowest BCUT2D eigenvalue weighted by Crippen LogP contribution is -2.29. The van der Waals surface area contributed by atoms with Gasteiger partial charge in [0.2, 0.25) is 0 Å². The van der Waals surface area contributed by atoms with Crippen molar-refractivity contribution in [3.8, 4) is 0 Å². The Kier molecular flexibility index (Phi) is 5.00. The summed E-state index contributed by atoms with van der Waals surface area (Å²) < 4.78 is 1.17. The van der Waals surface area contributed by atoms with Crippen LogP contribution >= 0.6 is 15.9 Å². The van der Waals surface area contributed by atoms with E-state index in [1.54, 1.807) is 0 Å². The Morgan fingerprint density at radius 2 is 2.06 bits per heavy atom. The van der Waals surface area contributed by atoms with Crippen LogP contribution in [-0.4, -0.2) is 13.1 Å². The zero-order chi connectivity index (χ0) is 12.2. The van der Waals surface area contributed by atoms with E-state index in [0.717, 1.165) is 6.42 Å². The number of nitrogens with one attached hydrogen (secondary N) is 1. The maximum atomic E-state index is 3.52. The zero-order valence-corrected chi connectivity index (χ0v) is 12.3. The van der Waals surface area contributed by atoms with Crippen LogP contribution < -0.4 is 5.32 Å². The van der Waals surface area contributed by atoms with Gasteiger partial charge in [0.15, 0.2) is 0 Å². The normalized spacial score (nSPS) is 13.8. The summed E-state index contributed by atoms with van der Waals surface area (Å²) in [6.07, 6.45) is 2.31. The maximum absolute atomic E-state index is 3.52. The summed E-state index contributed by atoms with van der Waals surface area (Å²) in [5, 5.41) is 3.31. The highest BCUT2D eigenvalue weighted by atomic mass is 79.9. The standard InChI is InChI=1S/C14H22BrN/c1-11(16-4)9-14(2,3)10-12-6-5-7-13(15)8-12/h5-8,11,16H,9-10H2,1-4H3. The zero-order valence-electron chi connectivity index (χ0n) is 10.7. The molecule has 0 fully saturated rings. The second-order valence-corrected chi connectivity index (χ2v) is 6.28. The minimum absolute atomic E-state index is 0.337. The van der Waals surface area contributed by atoms with Crippen molar-refractivity contribution in [3.05, 3.63) is 34.3 Å². The molecule has 1 N–H and O–H groups in total. The number of rotatable bonds is 5. The van der Waals surface area contributed by atoms with Crippen molar-refractivity contribution in [3.63, 3.8) is 0 Å². The summed E-state index contributed by atoms with van der Waals surface area (Å²) in [6.45, 7) is 6.91. The Bertz CT molecular complexity index is 333. The molecule has 0 amide bonds. The number of hydrogen-bond donors (Lipinski definition) is 1. The molecule has 16 heavy (non-hydrogen) atoms. The van der Waals surface area contributed by atoms with Gasteiger partial charge in [-0.2, -0.15) is 0 Å². The van der Waals surface area contributed by atoms with Gasteiger partial charge in [-0.25, -0.2) is 0 Å². The maximum Gasteiger partial charge on any atom is 0.0177 e. The van der Waals surface area contributed by atoms with Gasteiger partial charge in [-0.1, -0.05) is 41.9 Å². The Morgan fingerprint density at radius 1 is 1.38 bits per heavy atom. The molecule has 0 radical (unpaired) electrons. The van der Waals surface area contributed by atoms with Crippen LogP contribution in [0.25, 0.3) is 0 Å². The molecule has 1 atom stereocenters. The third kappa shape index (κ3) is 4.67. The summed E-state index contributed by atoms with van der Waals surface area (Å²) in [5.74, 6) is 0. The first kappa shape index (κ1) is 13.7. The highest BCUT2D eigenvalue weighted by molar-refractivity contribution is 9.10. The fourth-order valence-electron chi connectivity index (χ4n) is 2.20. The first-order valence-electron chi connectivity index (χ1n) is 5.85. The van der Waals surface area contributed by atoms with E-state index in [1.165, 1.54) is 16.5 Å². The summed E-state index contributed by atoms with van der Waals surface area (Å²) in [5.41, 5.74) is 1.74. The molecule has 0 heterocycles. The van der Waals surface area contributed by atoms with Gasteiger partial charge in [-0.3, -0.25) is 0 Å². The summed E-state index contributed by atoms with van der Waals surface area (Å²) in [4.78, 5) is 0. The van der Waals surface area contributed by atoms with Gasteiger partial charge in [0.25, 0.3) is 0 Å². The largest absolute Gasteiger partial charge is 0.317 e. The molecule has 0 aromatic heterocycles. The molecule has 0 aliphatic carbocycles. The van der Waals surface area contributed by atoms with Gasteiger partial charge >= 0.3 is 0 Å². The third-order valence-electron chi connectivity index (χ3n) is 2.92. The molecule has 0 saturated heterocycles. The van der Waals surface area contributed by atoms with Crippen LogP contribution in [-0.2, 0) is 6.42 Å². The highest BCUT2D eigenvalue weighted by Gasteiger charge is 2.20. The van der Waals surface area contributed by atoms with Gasteiger partial charge < -0.3 is 5.32 Å². The topological polar surface area (TPSA) is 12.0 Å². The molecule has 1 aromatic carbocycles. The van der Waals surface area contributed by atoms with Crippen molar-refractivity contribution in [1.82, 2.24) is 5.32 Å². The van der Waals surface area contributed by atoms with Crippen molar-refractivity contribution in [2.75, 3.05) is 7.05 Å². The molecule has 1 rings (SSSR count). The molecule has 0 aliphatic heterocycles. The molecule has 1 aromatic rings. The molecule has 2 heteroatoms. The molecular weight excluding hydrogens is 262 g/mol. The van der Waals surface area contributed by atoms with Gasteiger partial charge in [0.1, 0.15) is 0 Å². The third-order valence-corrected chi connectivity index (χ3v) is 3.42. The van der Waals surface area contributed by atoms with E-state index in [1.807, 2.05) is 7.05 Å². The Labute approximate surface area is 108 Å². The van der Waals surface area contributed by atoms with Gasteiger partial charge in [-0.15, -0.1) is 0 Å². The lowest BCUT2D eigenvalue weighted by Gasteiger charge is -2.28. The van der Waals surface area contributed by atoms with Gasteiger partial charge in [0.05, 0.1) is 0 Å². The summed E-state index contributed by atoms with van der Waals surface area (Å²) in [7, 11) is 2.03. The Morgan fingerprint density at radius 3 is 2.62 bits per heavy atom. The van der Waals surface area contributed by atoms with E-state index in [2.05, 4.69) is 66.3 Å². The van der Waals surface area contributed by atoms with Gasteiger partial charge in [-0.05, 0) is 49.9 Å².